The molecule has 0 fully saturated rings. The minimum absolute atomic E-state index is 0.841. The molecule has 0 saturated carbocycles. The molecule has 0 radical (unpaired) electrons. The minimum atomic E-state index is -1.70. The normalized spacial score (nSPS) is 12.9. The zero-order valence-electron chi connectivity index (χ0n) is 10.4. The first-order valence-electron chi connectivity index (χ1n) is 4.83. The van der Waals surface area contributed by atoms with E-state index in [1.54, 1.807) is 0 Å². The Kier molecular flexibility index (Phi) is 6.40. The number of carbonyl (C=O) groups is 4. The van der Waals surface area contributed by atoms with E-state index in [1.807, 2.05) is 0 Å². The van der Waals surface area contributed by atoms with E-state index in [9.17, 15) is 19.2 Å². The summed E-state index contributed by atoms with van der Waals surface area (Å²) >= 11 is 0. The van der Waals surface area contributed by atoms with Crippen molar-refractivity contribution in [2.45, 2.75) is 26.1 Å². The molecule has 0 amide bonds. The molecule has 18 heavy (non-hydrogen) atoms. The highest BCUT2D eigenvalue weighted by Crippen LogP contribution is 2.10. The van der Waals surface area contributed by atoms with Gasteiger partial charge in [-0.1, -0.05) is 0 Å². The average molecular weight is 262 g/mol. The van der Waals surface area contributed by atoms with Crippen molar-refractivity contribution in [1.82, 2.24) is 0 Å². The van der Waals surface area contributed by atoms with Gasteiger partial charge in [0.2, 0.25) is 12.2 Å². The van der Waals surface area contributed by atoms with Crippen molar-refractivity contribution in [3.05, 3.63) is 0 Å². The van der Waals surface area contributed by atoms with Gasteiger partial charge in [0.25, 0.3) is 0 Å². The van der Waals surface area contributed by atoms with Gasteiger partial charge in [0.15, 0.2) is 0 Å². The average Bonchev–Trinajstić information content (AvgIpc) is 2.30. The van der Waals surface area contributed by atoms with Gasteiger partial charge in [0, 0.05) is 13.8 Å². The van der Waals surface area contributed by atoms with E-state index in [0.717, 1.165) is 28.1 Å². The van der Waals surface area contributed by atoms with Crippen LogP contribution in [0.5, 0.6) is 0 Å². The van der Waals surface area contributed by atoms with Crippen LogP contribution in [-0.4, -0.2) is 50.3 Å². The first-order valence-corrected chi connectivity index (χ1v) is 4.83. The molecule has 0 bridgehead atoms. The number of methoxy groups -OCH3 is 2. The van der Waals surface area contributed by atoms with Crippen molar-refractivity contribution >= 4 is 23.9 Å². The molecule has 0 aromatic carbocycles. The molecule has 0 saturated heterocycles. The van der Waals surface area contributed by atoms with Crippen molar-refractivity contribution in [2.75, 3.05) is 14.2 Å². The third-order valence-electron chi connectivity index (χ3n) is 1.73. The van der Waals surface area contributed by atoms with Gasteiger partial charge in [-0.3, -0.25) is 9.59 Å². The van der Waals surface area contributed by atoms with E-state index < -0.39 is 36.1 Å². The summed E-state index contributed by atoms with van der Waals surface area (Å²) in [5, 5.41) is 0. The van der Waals surface area contributed by atoms with Crippen LogP contribution in [0.2, 0.25) is 0 Å². The summed E-state index contributed by atoms with van der Waals surface area (Å²) in [4.78, 5) is 44.5. The Morgan fingerprint density at radius 2 is 1.00 bits per heavy atom. The summed E-state index contributed by atoms with van der Waals surface area (Å²) in [5.41, 5.74) is 0. The van der Waals surface area contributed by atoms with Crippen LogP contribution >= 0.6 is 0 Å². The number of hydrogen-bond acceptors (Lipinski definition) is 8. The fourth-order valence-electron chi connectivity index (χ4n) is 1.06. The van der Waals surface area contributed by atoms with Gasteiger partial charge >= 0.3 is 23.9 Å². The molecule has 0 aromatic rings. The molecule has 0 heterocycles. The summed E-state index contributed by atoms with van der Waals surface area (Å²) in [5.74, 6) is -3.76. The smallest absolute Gasteiger partial charge is 0.351 e. The number of ether oxygens (including phenoxy) is 4. The maximum Gasteiger partial charge on any atom is 0.351 e. The van der Waals surface area contributed by atoms with Crippen LogP contribution in [0.25, 0.3) is 0 Å². The first-order chi connectivity index (χ1) is 8.33. The second-order valence-electron chi connectivity index (χ2n) is 3.11. The Morgan fingerprint density at radius 1 is 0.722 bits per heavy atom. The van der Waals surface area contributed by atoms with E-state index in [2.05, 4.69) is 18.9 Å². The van der Waals surface area contributed by atoms with Gasteiger partial charge in [-0.05, 0) is 0 Å². The molecule has 0 aromatic heterocycles. The molecule has 0 N–H and O–H groups in total. The van der Waals surface area contributed by atoms with Crippen molar-refractivity contribution in [3.8, 4) is 0 Å². The lowest BCUT2D eigenvalue weighted by Gasteiger charge is -2.22. The molecular weight excluding hydrogens is 248 g/mol. The molecule has 0 unspecified atom stereocenters. The Labute approximate surface area is 103 Å². The molecule has 0 aliphatic rings. The highest BCUT2D eigenvalue weighted by Gasteiger charge is 2.41. The van der Waals surface area contributed by atoms with Gasteiger partial charge < -0.3 is 18.9 Å². The zero-order valence-corrected chi connectivity index (χ0v) is 10.4. The topological polar surface area (TPSA) is 105 Å². The van der Waals surface area contributed by atoms with Crippen LogP contribution in [0.4, 0.5) is 0 Å². The molecule has 2 atom stereocenters. The van der Waals surface area contributed by atoms with Crippen LogP contribution in [0.1, 0.15) is 13.8 Å². The molecule has 0 spiro atoms. The van der Waals surface area contributed by atoms with E-state index in [1.165, 1.54) is 0 Å². The standard InChI is InChI=1S/C10H14O8/c1-5(11)17-7(9(13)15-3)8(10(14)16-4)18-6(2)12/h7-8H,1-4H3/t7-,8+. The molecule has 0 aliphatic heterocycles. The SMILES string of the molecule is COC(=O)[C@@H](OC(C)=O)[C@@H](OC(C)=O)C(=O)OC. The highest BCUT2D eigenvalue weighted by molar-refractivity contribution is 5.88. The van der Waals surface area contributed by atoms with Crippen molar-refractivity contribution in [2.24, 2.45) is 0 Å². The summed E-state index contributed by atoms with van der Waals surface area (Å²) in [7, 11) is 2.06. The van der Waals surface area contributed by atoms with Gasteiger partial charge in [0.05, 0.1) is 14.2 Å². The quantitative estimate of drug-likeness (QED) is 0.468. The molecule has 0 aliphatic carbocycles. The fourth-order valence-corrected chi connectivity index (χ4v) is 1.06. The maximum atomic E-state index is 11.4. The predicted molar refractivity (Wildman–Crippen MR) is 55.1 cm³/mol. The van der Waals surface area contributed by atoms with Gasteiger partial charge in [-0.15, -0.1) is 0 Å². The van der Waals surface area contributed by atoms with Crippen molar-refractivity contribution < 1.29 is 38.1 Å². The Morgan fingerprint density at radius 3 is 1.17 bits per heavy atom. The van der Waals surface area contributed by atoms with Gasteiger partial charge in [0.1, 0.15) is 0 Å². The zero-order chi connectivity index (χ0) is 14.3. The predicted octanol–water partition coefficient (Wildman–Crippen LogP) is -0.804. The summed E-state index contributed by atoms with van der Waals surface area (Å²) in [6.45, 7) is 2.05. The second kappa shape index (κ2) is 7.25. The van der Waals surface area contributed by atoms with E-state index in [4.69, 9.17) is 0 Å². The monoisotopic (exact) mass is 262 g/mol. The Hall–Kier alpha value is -2.12. The lowest BCUT2D eigenvalue weighted by molar-refractivity contribution is -0.188. The van der Waals surface area contributed by atoms with E-state index in [-0.39, 0.29) is 0 Å². The Balaban J connectivity index is 5.17. The molecule has 102 valence electrons. The van der Waals surface area contributed by atoms with E-state index in [0.29, 0.717) is 0 Å². The van der Waals surface area contributed by atoms with Crippen molar-refractivity contribution in [3.63, 3.8) is 0 Å². The third-order valence-corrected chi connectivity index (χ3v) is 1.73. The van der Waals surface area contributed by atoms with Crippen LogP contribution in [0.3, 0.4) is 0 Å². The largest absolute Gasteiger partial charge is 0.466 e. The summed E-state index contributed by atoms with van der Waals surface area (Å²) in [6.07, 6.45) is -3.41. The lowest BCUT2D eigenvalue weighted by Crippen LogP contribution is -2.46. The maximum absolute atomic E-state index is 11.4. The molecule has 8 nitrogen and oxygen atoms in total. The molecular formula is C10H14O8. The molecule has 8 heteroatoms. The van der Waals surface area contributed by atoms with Crippen LogP contribution in [0.15, 0.2) is 0 Å². The van der Waals surface area contributed by atoms with Crippen LogP contribution < -0.4 is 0 Å². The third kappa shape index (κ3) is 4.81. The summed E-state index contributed by atoms with van der Waals surface area (Å²) in [6, 6.07) is 0. The number of carbonyl (C=O) groups excluding carboxylic acids is 4. The van der Waals surface area contributed by atoms with Gasteiger partial charge in [-0.25, -0.2) is 9.59 Å². The summed E-state index contributed by atoms with van der Waals surface area (Å²) < 4.78 is 17.9. The van der Waals surface area contributed by atoms with Gasteiger partial charge in [-0.2, -0.15) is 0 Å². The number of hydrogen-bond donors (Lipinski definition) is 0. The lowest BCUT2D eigenvalue weighted by atomic mass is 10.2. The number of esters is 4. The number of rotatable bonds is 5. The van der Waals surface area contributed by atoms with E-state index >= 15 is 0 Å². The Bertz CT molecular complexity index is 314. The second-order valence-corrected chi connectivity index (χ2v) is 3.11. The van der Waals surface area contributed by atoms with Crippen molar-refractivity contribution in [1.29, 1.82) is 0 Å². The molecule has 0 rings (SSSR count). The first kappa shape index (κ1) is 15.9. The fraction of sp³-hybridized carbons (Fsp3) is 0.600. The highest BCUT2D eigenvalue weighted by atomic mass is 16.6. The van der Waals surface area contributed by atoms with Crippen LogP contribution in [0, 0.1) is 0 Å². The minimum Gasteiger partial charge on any atom is -0.466 e. The van der Waals surface area contributed by atoms with Crippen LogP contribution in [-0.2, 0) is 38.1 Å².